The number of hydrogen-bond acceptors (Lipinski definition) is 5. The van der Waals surface area contributed by atoms with E-state index in [4.69, 9.17) is 14.2 Å². The van der Waals surface area contributed by atoms with Crippen LogP contribution in [0.2, 0.25) is 0 Å². The van der Waals surface area contributed by atoms with E-state index in [-0.39, 0.29) is 13.3 Å². The van der Waals surface area contributed by atoms with E-state index in [2.05, 4.69) is 10.6 Å². The zero-order valence-electron chi connectivity index (χ0n) is 12.4. The molecule has 0 spiro atoms. The molecule has 0 aliphatic heterocycles. The fourth-order valence-corrected chi connectivity index (χ4v) is 1.21. The molecule has 0 atom stereocenters. The van der Waals surface area contributed by atoms with Gasteiger partial charge in [0, 0.05) is 19.2 Å². The van der Waals surface area contributed by atoms with Crippen molar-refractivity contribution in [3.63, 3.8) is 0 Å². The minimum atomic E-state index is -0.00901. The molecular weight excluding hydrogens is 260 g/mol. The summed E-state index contributed by atoms with van der Waals surface area (Å²) in [6.07, 6.45) is 0. The maximum Gasteiger partial charge on any atom is 0.234 e. The molecule has 0 unspecified atom stereocenters. The molecule has 0 fully saturated rings. The van der Waals surface area contributed by atoms with E-state index >= 15 is 0 Å². The van der Waals surface area contributed by atoms with E-state index in [1.54, 1.807) is 0 Å². The van der Waals surface area contributed by atoms with Crippen LogP contribution in [0.25, 0.3) is 0 Å². The van der Waals surface area contributed by atoms with Gasteiger partial charge in [0.15, 0.2) is 0 Å². The van der Waals surface area contributed by atoms with Gasteiger partial charge in [0.1, 0.15) is 0 Å². The molecule has 0 heterocycles. The second-order valence-corrected chi connectivity index (χ2v) is 4.31. The third kappa shape index (κ3) is 17.3. The van der Waals surface area contributed by atoms with Crippen LogP contribution in [0, 0.1) is 0 Å². The van der Waals surface area contributed by atoms with Gasteiger partial charge in [0.05, 0.1) is 39.6 Å². The van der Waals surface area contributed by atoms with E-state index in [0.29, 0.717) is 58.8 Å². The third-order valence-corrected chi connectivity index (χ3v) is 2.19. The van der Waals surface area contributed by atoms with Crippen LogP contribution in [0.5, 0.6) is 0 Å². The summed E-state index contributed by atoms with van der Waals surface area (Å²) in [5.74, 6) is -0.00901. The Hall–Kier alpha value is -0.690. The monoisotopic (exact) mass is 292 g/mol. The Morgan fingerprint density at radius 3 is 2.10 bits per heavy atom. The summed E-state index contributed by atoms with van der Waals surface area (Å²) in [6, 6.07) is 0.316. The first-order chi connectivity index (χ1) is 9.16. The Balaban J connectivity index is 0. The van der Waals surface area contributed by atoms with Crippen molar-refractivity contribution in [3.05, 3.63) is 0 Å². The molecule has 122 valence electrons. The Morgan fingerprint density at radius 1 is 1.00 bits per heavy atom. The first-order valence-electron chi connectivity index (χ1n) is 6.90. The fourth-order valence-electron chi connectivity index (χ4n) is 1.21. The van der Waals surface area contributed by atoms with Crippen molar-refractivity contribution in [3.8, 4) is 0 Å². The van der Waals surface area contributed by atoms with Crippen LogP contribution in [-0.4, -0.2) is 64.7 Å². The molecule has 0 aliphatic rings. The fraction of sp³-hybridized carbons (Fsp3) is 0.929. The lowest BCUT2D eigenvalue weighted by Gasteiger charge is -2.09. The van der Waals surface area contributed by atoms with Gasteiger partial charge >= 0.3 is 0 Å². The summed E-state index contributed by atoms with van der Waals surface area (Å²) < 4.78 is 15.7. The van der Waals surface area contributed by atoms with Gasteiger partial charge in [-0.15, -0.1) is 0 Å². The molecule has 0 radical (unpaired) electrons. The molecule has 0 aliphatic carbocycles. The molecule has 0 aromatic rings. The van der Waals surface area contributed by atoms with Crippen LogP contribution < -0.4 is 10.6 Å². The highest BCUT2D eigenvalue weighted by Crippen LogP contribution is 1.81. The minimum Gasteiger partial charge on any atom is -0.379 e. The van der Waals surface area contributed by atoms with E-state index in [1.807, 2.05) is 20.8 Å². The summed E-state index contributed by atoms with van der Waals surface area (Å²) in [6.45, 7) is 10.3. The van der Waals surface area contributed by atoms with Gasteiger partial charge in [-0.3, -0.25) is 4.79 Å². The second-order valence-electron chi connectivity index (χ2n) is 4.31. The van der Waals surface area contributed by atoms with E-state index in [1.165, 1.54) is 0 Å². The highest BCUT2D eigenvalue weighted by atomic mass is 16.5. The van der Waals surface area contributed by atoms with Crippen molar-refractivity contribution in [1.29, 1.82) is 0 Å². The second kappa shape index (κ2) is 16.4. The zero-order valence-corrected chi connectivity index (χ0v) is 12.4. The smallest absolute Gasteiger partial charge is 0.234 e. The number of ether oxygens (including phenoxy) is 3. The predicted octanol–water partition coefficient (Wildman–Crippen LogP) is 0.806. The lowest BCUT2D eigenvalue weighted by molar-refractivity contribution is -0.120. The molecule has 2 N–H and O–H groups in total. The summed E-state index contributed by atoms with van der Waals surface area (Å²) >= 11 is 0. The van der Waals surface area contributed by atoms with E-state index in [9.17, 15) is 4.79 Å². The van der Waals surface area contributed by atoms with Crippen molar-refractivity contribution < 1.29 is 19.0 Å². The minimum absolute atomic E-state index is 0. The summed E-state index contributed by atoms with van der Waals surface area (Å²) in [5.41, 5.74) is 0. The summed E-state index contributed by atoms with van der Waals surface area (Å²) in [4.78, 5) is 11.3. The summed E-state index contributed by atoms with van der Waals surface area (Å²) in [7, 11) is 0. The molecule has 6 nitrogen and oxygen atoms in total. The molecule has 6 heteroatoms. The van der Waals surface area contributed by atoms with Gasteiger partial charge < -0.3 is 24.8 Å². The van der Waals surface area contributed by atoms with E-state index < -0.39 is 0 Å². The first-order valence-corrected chi connectivity index (χ1v) is 6.90. The summed E-state index contributed by atoms with van der Waals surface area (Å²) in [5, 5.41) is 5.82. The molecule has 0 rings (SSSR count). The molecule has 0 bridgehead atoms. The molecule has 0 aromatic heterocycles. The molecule has 0 saturated carbocycles. The highest BCUT2D eigenvalue weighted by molar-refractivity contribution is 5.77. The van der Waals surface area contributed by atoms with Gasteiger partial charge in [-0.1, -0.05) is 21.3 Å². The Kier molecular flexibility index (Phi) is 17.7. The Morgan fingerprint density at radius 2 is 1.55 bits per heavy atom. The van der Waals surface area contributed by atoms with Crippen LogP contribution in [0.1, 0.15) is 28.2 Å². The Bertz CT molecular complexity index is 213. The molecule has 1 amide bonds. The van der Waals surface area contributed by atoms with Crippen molar-refractivity contribution in [1.82, 2.24) is 10.6 Å². The number of nitrogens with one attached hydrogen (secondary N) is 2. The van der Waals surface area contributed by atoms with Gasteiger partial charge in [-0.25, -0.2) is 0 Å². The highest BCUT2D eigenvalue weighted by Gasteiger charge is 2.00. The lowest BCUT2D eigenvalue weighted by Crippen LogP contribution is -2.38. The van der Waals surface area contributed by atoms with Crippen molar-refractivity contribution in [2.24, 2.45) is 0 Å². The predicted molar refractivity (Wildman–Crippen MR) is 81.0 cm³/mol. The molecule has 0 aromatic carbocycles. The van der Waals surface area contributed by atoms with Crippen LogP contribution in [0.3, 0.4) is 0 Å². The standard InChI is InChI=1S/C13H28N2O4.CH4/c1-4-17-7-8-19-10-9-18-6-5-14-13(16)11-15-12(2)3;/h12,15H,4-11H2,1-3H3,(H,14,16);1H4. The van der Waals surface area contributed by atoms with Crippen LogP contribution >= 0.6 is 0 Å². The van der Waals surface area contributed by atoms with Crippen LogP contribution in [-0.2, 0) is 19.0 Å². The van der Waals surface area contributed by atoms with Gasteiger partial charge in [-0.2, -0.15) is 0 Å². The van der Waals surface area contributed by atoms with Crippen molar-refractivity contribution >= 4 is 5.91 Å². The number of carbonyl (C=O) groups excluding carboxylic acids is 1. The number of carbonyl (C=O) groups is 1. The quantitative estimate of drug-likeness (QED) is 0.492. The maximum absolute atomic E-state index is 11.3. The normalized spacial score (nSPS) is 10.4. The number of hydrogen-bond donors (Lipinski definition) is 2. The average molecular weight is 292 g/mol. The van der Waals surface area contributed by atoms with Crippen LogP contribution in [0.15, 0.2) is 0 Å². The van der Waals surface area contributed by atoms with Crippen molar-refractivity contribution in [2.75, 3.05) is 52.7 Å². The average Bonchev–Trinajstić information content (AvgIpc) is 2.38. The van der Waals surface area contributed by atoms with Gasteiger partial charge in [0.2, 0.25) is 5.91 Å². The third-order valence-electron chi connectivity index (χ3n) is 2.19. The first kappa shape index (κ1) is 21.6. The van der Waals surface area contributed by atoms with E-state index in [0.717, 1.165) is 0 Å². The van der Waals surface area contributed by atoms with Crippen molar-refractivity contribution in [2.45, 2.75) is 34.2 Å². The van der Waals surface area contributed by atoms with Gasteiger partial charge in [0.25, 0.3) is 0 Å². The zero-order chi connectivity index (χ0) is 14.3. The molecule has 0 saturated heterocycles. The largest absolute Gasteiger partial charge is 0.379 e. The maximum atomic E-state index is 11.3. The van der Waals surface area contributed by atoms with Crippen LogP contribution in [0.4, 0.5) is 0 Å². The number of amides is 1. The SMILES string of the molecule is C.CCOCCOCCOCCNC(=O)CNC(C)C. The Labute approximate surface area is 123 Å². The molecule has 20 heavy (non-hydrogen) atoms. The lowest BCUT2D eigenvalue weighted by atomic mass is 10.4. The topological polar surface area (TPSA) is 68.8 Å². The number of rotatable bonds is 13. The molecular formula is C14H32N2O4. The van der Waals surface area contributed by atoms with Gasteiger partial charge in [-0.05, 0) is 6.92 Å².